The van der Waals surface area contributed by atoms with E-state index >= 15 is 0 Å². The summed E-state index contributed by atoms with van der Waals surface area (Å²) in [5.74, 6) is 0. The maximum atomic E-state index is 3.52. The maximum Gasteiger partial charge on any atom is 0.0486 e. The second-order valence-electron chi connectivity index (χ2n) is 7.12. The van der Waals surface area contributed by atoms with Crippen LogP contribution >= 0.6 is 15.9 Å². The Kier molecular flexibility index (Phi) is 5.73. The molecule has 1 N–H and O–H groups in total. The number of rotatable bonds is 6. The Morgan fingerprint density at radius 1 is 0.962 bits per heavy atom. The highest BCUT2D eigenvalue weighted by atomic mass is 79.9. The third kappa shape index (κ3) is 4.20. The van der Waals surface area contributed by atoms with Gasteiger partial charge in [-0.15, -0.1) is 0 Å². The first kappa shape index (κ1) is 17.8. The van der Waals surface area contributed by atoms with Crippen LogP contribution in [-0.4, -0.2) is 42.2 Å². The van der Waals surface area contributed by atoms with Gasteiger partial charge in [0.1, 0.15) is 0 Å². The first-order valence-electron chi connectivity index (χ1n) is 9.54. The zero-order chi connectivity index (χ0) is 17.8. The van der Waals surface area contributed by atoms with Gasteiger partial charge in [0.15, 0.2) is 0 Å². The molecule has 0 spiro atoms. The van der Waals surface area contributed by atoms with Crippen molar-refractivity contribution in [3.8, 4) is 0 Å². The summed E-state index contributed by atoms with van der Waals surface area (Å²) < 4.78 is 3.53. The van der Waals surface area contributed by atoms with Gasteiger partial charge in [-0.3, -0.25) is 0 Å². The molecule has 0 unspecified atom stereocenters. The molecule has 1 aromatic heterocycles. The summed E-state index contributed by atoms with van der Waals surface area (Å²) in [5.41, 5.74) is 4.15. The number of benzene rings is 2. The number of fused-ring (bicyclic) bond motifs is 1. The van der Waals surface area contributed by atoms with Gasteiger partial charge in [-0.05, 0) is 48.7 Å². The van der Waals surface area contributed by atoms with E-state index in [-0.39, 0.29) is 0 Å². The standard InChI is InChI=1S/C22H26BrN3/c23-20-9-7-18(8-10-20)16-26-17-19(21-5-1-2-6-22(21)26)4-3-13-25-14-11-24-12-15-25/h1-2,5-10,17,24H,3-4,11-16H2. The van der Waals surface area contributed by atoms with Crippen molar-refractivity contribution >= 4 is 26.8 Å². The molecule has 1 aliphatic heterocycles. The normalized spacial score (nSPS) is 15.6. The summed E-state index contributed by atoms with van der Waals surface area (Å²) in [7, 11) is 0. The van der Waals surface area contributed by atoms with Crippen LogP contribution in [0.3, 0.4) is 0 Å². The Morgan fingerprint density at radius 2 is 1.73 bits per heavy atom. The van der Waals surface area contributed by atoms with E-state index in [2.05, 4.69) is 85.4 Å². The molecule has 1 saturated heterocycles. The van der Waals surface area contributed by atoms with Gasteiger partial charge in [-0.2, -0.15) is 0 Å². The lowest BCUT2D eigenvalue weighted by Gasteiger charge is -2.26. The van der Waals surface area contributed by atoms with Gasteiger partial charge in [-0.25, -0.2) is 0 Å². The van der Waals surface area contributed by atoms with Crippen LogP contribution in [0.4, 0.5) is 0 Å². The van der Waals surface area contributed by atoms with Crippen LogP contribution in [0.5, 0.6) is 0 Å². The van der Waals surface area contributed by atoms with Gasteiger partial charge in [0.2, 0.25) is 0 Å². The van der Waals surface area contributed by atoms with E-state index in [1.165, 1.54) is 48.1 Å². The molecule has 26 heavy (non-hydrogen) atoms. The number of nitrogens with zero attached hydrogens (tertiary/aromatic N) is 2. The molecule has 4 heteroatoms. The lowest BCUT2D eigenvalue weighted by atomic mass is 10.1. The Morgan fingerprint density at radius 3 is 2.54 bits per heavy atom. The number of hydrogen-bond acceptors (Lipinski definition) is 2. The highest BCUT2D eigenvalue weighted by Crippen LogP contribution is 2.24. The van der Waals surface area contributed by atoms with Gasteiger partial charge < -0.3 is 14.8 Å². The number of halogens is 1. The van der Waals surface area contributed by atoms with E-state index in [0.717, 1.165) is 30.5 Å². The molecule has 3 aromatic rings. The molecular weight excluding hydrogens is 386 g/mol. The summed E-state index contributed by atoms with van der Waals surface area (Å²) in [5, 5.41) is 4.84. The number of piperazine rings is 1. The molecular formula is C22H26BrN3. The van der Waals surface area contributed by atoms with Crippen LogP contribution in [0.2, 0.25) is 0 Å². The Bertz CT molecular complexity index is 847. The average molecular weight is 412 g/mol. The lowest BCUT2D eigenvalue weighted by molar-refractivity contribution is 0.238. The van der Waals surface area contributed by atoms with Gasteiger partial charge >= 0.3 is 0 Å². The summed E-state index contributed by atoms with van der Waals surface area (Å²) in [6.45, 7) is 6.76. The Hall–Kier alpha value is -1.62. The number of aromatic nitrogens is 1. The van der Waals surface area contributed by atoms with Gasteiger partial charge in [0.25, 0.3) is 0 Å². The van der Waals surface area contributed by atoms with E-state index < -0.39 is 0 Å². The molecule has 1 fully saturated rings. The average Bonchev–Trinajstić information content (AvgIpc) is 3.02. The first-order valence-corrected chi connectivity index (χ1v) is 10.3. The zero-order valence-electron chi connectivity index (χ0n) is 15.1. The molecule has 136 valence electrons. The molecule has 0 atom stereocenters. The molecule has 0 radical (unpaired) electrons. The first-order chi connectivity index (χ1) is 12.8. The molecule has 2 aromatic carbocycles. The minimum Gasteiger partial charge on any atom is -0.343 e. The quantitative estimate of drug-likeness (QED) is 0.652. The van der Waals surface area contributed by atoms with Crippen molar-refractivity contribution in [3.63, 3.8) is 0 Å². The number of para-hydroxylation sites is 1. The SMILES string of the molecule is Brc1ccc(Cn2cc(CCCN3CCNCC3)c3ccccc32)cc1. The Labute approximate surface area is 164 Å². The Balaban J connectivity index is 1.49. The van der Waals surface area contributed by atoms with Crippen LogP contribution in [0, 0.1) is 0 Å². The minimum atomic E-state index is 0.922. The highest BCUT2D eigenvalue weighted by molar-refractivity contribution is 9.10. The van der Waals surface area contributed by atoms with Crippen molar-refractivity contribution < 1.29 is 0 Å². The van der Waals surface area contributed by atoms with Crippen LogP contribution in [-0.2, 0) is 13.0 Å². The van der Waals surface area contributed by atoms with E-state index in [9.17, 15) is 0 Å². The molecule has 0 saturated carbocycles. The predicted octanol–water partition coefficient (Wildman–Crippen LogP) is 4.29. The third-order valence-corrected chi connectivity index (χ3v) is 5.80. The van der Waals surface area contributed by atoms with E-state index in [1.807, 2.05) is 0 Å². The number of aryl methyl sites for hydroxylation is 1. The van der Waals surface area contributed by atoms with E-state index in [0.29, 0.717) is 0 Å². The van der Waals surface area contributed by atoms with Crippen molar-refractivity contribution in [2.24, 2.45) is 0 Å². The summed E-state index contributed by atoms with van der Waals surface area (Å²) in [6.07, 6.45) is 4.74. The molecule has 0 aliphatic carbocycles. The molecule has 1 aliphatic rings. The number of hydrogen-bond donors (Lipinski definition) is 1. The molecule has 0 amide bonds. The van der Waals surface area contributed by atoms with Crippen molar-refractivity contribution in [2.75, 3.05) is 32.7 Å². The van der Waals surface area contributed by atoms with Crippen LogP contribution in [0.25, 0.3) is 10.9 Å². The monoisotopic (exact) mass is 411 g/mol. The fourth-order valence-electron chi connectivity index (χ4n) is 3.87. The maximum absolute atomic E-state index is 3.52. The lowest BCUT2D eigenvalue weighted by Crippen LogP contribution is -2.43. The molecule has 3 nitrogen and oxygen atoms in total. The fourth-order valence-corrected chi connectivity index (χ4v) is 4.13. The van der Waals surface area contributed by atoms with E-state index in [4.69, 9.17) is 0 Å². The highest BCUT2D eigenvalue weighted by Gasteiger charge is 2.11. The van der Waals surface area contributed by atoms with Crippen LogP contribution < -0.4 is 5.32 Å². The van der Waals surface area contributed by atoms with Crippen LogP contribution in [0.1, 0.15) is 17.5 Å². The molecule has 0 bridgehead atoms. The molecule has 2 heterocycles. The fraction of sp³-hybridized carbons (Fsp3) is 0.364. The second-order valence-corrected chi connectivity index (χ2v) is 8.04. The third-order valence-electron chi connectivity index (χ3n) is 5.27. The van der Waals surface area contributed by atoms with Crippen molar-refractivity contribution in [3.05, 3.63) is 70.3 Å². The summed E-state index contributed by atoms with van der Waals surface area (Å²) in [4.78, 5) is 2.58. The minimum absolute atomic E-state index is 0.922. The zero-order valence-corrected chi connectivity index (χ0v) is 16.7. The molecule has 4 rings (SSSR count). The van der Waals surface area contributed by atoms with Crippen molar-refractivity contribution in [1.82, 2.24) is 14.8 Å². The topological polar surface area (TPSA) is 20.2 Å². The largest absolute Gasteiger partial charge is 0.343 e. The van der Waals surface area contributed by atoms with Crippen molar-refractivity contribution in [2.45, 2.75) is 19.4 Å². The smallest absolute Gasteiger partial charge is 0.0486 e. The van der Waals surface area contributed by atoms with Gasteiger partial charge in [0, 0.05) is 54.3 Å². The number of nitrogens with one attached hydrogen (secondary N) is 1. The summed E-state index contributed by atoms with van der Waals surface area (Å²) in [6, 6.07) is 17.5. The van der Waals surface area contributed by atoms with Gasteiger partial charge in [-0.1, -0.05) is 46.3 Å². The predicted molar refractivity (Wildman–Crippen MR) is 113 cm³/mol. The van der Waals surface area contributed by atoms with Gasteiger partial charge in [0.05, 0.1) is 0 Å². The second kappa shape index (κ2) is 8.38. The van der Waals surface area contributed by atoms with Crippen LogP contribution in [0.15, 0.2) is 59.2 Å². The summed E-state index contributed by atoms with van der Waals surface area (Å²) >= 11 is 3.52. The van der Waals surface area contributed by atoms with Crippen molar-refractivity contribution in [1.29, 1.82) is 0 Å². The van der Waals surface area contributed by atoms with E-state index in [1.54, 1.807) is 0 Å².